The van der Waals surface area contributed by atoms with Crippen LogP contribution in [0.1, 0.15) is 30.9 Å². The quantitative estimate of drug-likeness (QED) is 0.712. The van der Waals surface area contributed by atoms with Gasteiger partial charge in [0.25, 0.3) is 0 Å². The largest absolute Gasteiger partial charge is 0.332 e. The van der Waals surface area contributed by atoms with Crippen molar-refractivity contribution in [2.24, 2.45) is 0 Å². The van der Waals surface area contributed by atoms with Crippen LogP contribution >= 0.6 is 0 Å². The lowest BCUT2D eigenvalue weighted by atomic mass is 10.0. The first-order valence-corrected chi connectivity index (χ1v) is 5.76. The molecular weight excluding hydrogens is 203 g/mol. The average Bonchev–Trinajstić information content (AvgIpc) is 2.02. The van der Waals surface area contributed by atoms with E-state index in [2.05, 4.69) is 0 Å². The maximum atomic E-state index is 12.8. The Morgan fingerprint density at radius 3 is 2.29 bits per heavy atom. The lowest BCUT2D eigenvalue weighted by Gasteiger charge is -2.08. The molecule has 0 aromatic heterocycles. The molecule has 0 heterocycles. The van der Waals surface area contributed by atoms with Crippen LogP contribution in [0.15, 0.2) is 23.1 Å². The molecule has 4 heteroatoms. The van der Waals surface area contributed by atoms with E-state index in [1.54, 1.807) is 13.0 Å². The Bertz CT molecular complexity index is 435. The maximum Gasteiger partial charge on any atom is 0.332 e. The van der Waals surface area contributed by atoms with E-state index in [-0.39, 0.29) is 10.8 Å². The standard InChI is InChI=1S/C10H13FO2S/c1-7(2)9-5-4-8(3)10(6-9)14(11,12)13/h4-7H,1-3H3. The van der Waals surface area contributed by atoms with E-state index in [0.29, 0.717) is 5.56 Å². The van der Waals surface area contributed by atoms with Crippen LogP contribution in [0.2, 0.25) is 0 Å². The van der Waals surface area contributed by atoms with Crippen molar-refractivity contribution < 1.29 is 12.3 Å². The summed E-state index contributed by atoms with van der Waals surface area (Å²) in [4.78, 5) is -0.219. The van der Waals surface area contributed by atoms with Crippen LogP contribution < -0.4 is 0 Å². The summed E-state index contributed by atoms with van der Waals surface area (Å²) in [6.45, 7) is 5.44. The predicted octanol–water partition coefficient (Wildman–Crippen LogP) is 2.78. The molecule has 0 unspecified atom stereocenters. The minimum absolute atomic E-state index is 0.191. The van der Waals surface area contributed by atoms with Gasteiger partial charge in [0.05, 0.1) is 0 Å². The summed E-state index contributed by atoms with van der Waals surface area (Å²) in [5.41, 5.74) is 1.27. The number of hydrogen-bond acceptors (Lipinski definition) is 2. The summed E-state index contributed by atoms with van der Waals surface area (Å²) in [5, 5.41) is 0. The summed E-state index contributed by atoms with van der Waals surface area (Å²) in [6.07, 6.45) is 0. The zero-order chi connectivity index (χ0) is 10.9. The van der Waals surface area contributed by atoms with Gasteiger partial charge in [-0.25, -0.2) is 0 Å². The van der Waals surface area contributed by atoms with Gasteiger partial charge in [-0.15, -0.1) is 3.89 Å². The molecule has 0 N–H and O–H groups in total. The Kier molecular flexibility index (Phi) is 2.95. The van der Waals surface area contributed by atoms with Crippen molar-refractivity contribution in [1.82, 2.24) is 0 Å². The van der Waals surface area contributed by atoms with Crippen LogP contribution in [0.25, 0.3) is 0 Å². The first kappa shape index (κ1) is 11.2. The highest BCUT2D eigenvalue weighted by Gasteiger charge is 2.16. The third-order valence-electron chi connectivity index (χ3n) is 2.14. The summed E-state index contributed by atoms with van der Waals surface area (Å²) in [6, 6.07) is 4.84. The fourth-order valence-corrected chi connectivity index (χ4v) is 1.97. The molecule has 0 fully saturated rings. The molecule has 0 radical (unpaired) electrons. The molecule has 0 bridgehead atoms. The third-order valence-corrected chi connectivity index (χ3v) is 3.11. The fourth-order valence-electron chi connectivity index (χ4n) is 1.24. The molecule has 0 aliphatic carbocycles. The Morgan fingerprint density at radius 1 is 1.29 bits per heavy atom. The van der Waals surface area contributed by atoms with E-state index in [9.17, 15) is 12.3 Å². The number of rotatable bonds is 2. The predicted molar refractivity (Wildman–Crippen MR) is 53.6 cm³/mol. The van der Waals surface area contributed by atoms with E-state index in [4.69, 9.17) is 0 Å². The van der Waals surface area contributed by atoms with Crippen LogP contribution in [-0.2, 0) is 10.2 Å². The zero-order valence-corrected chi connectivity index (χ0v) is 9.23. The van der Waals surface area contributed by atoms with Gasteiger partial charge in [-0.3, -0.25) is 0 Å². The molecule has 0 aliphatic heterocycles. The molecule has 0 saturated heterocycles. The van der Waals surface area contributed by atoms with Crippen LogP contribution in [0.4, 0.5) is 3.89 Å². The topological polar surface area (TPSA) is 34.1 Å². The molecule has 14 heavy (non-hydrogen) atoms. The van der Waals surface area contributed by atoms with Crippen LogP contribution in [-0.4, -0.2) is 8.42 Å². The first-order chi connectivity index (χ1) is 6.32. The lowest BCUT2D eigenvalue weighted by molar-refractivity contribution is 0.551. The van der Waals surface area contributed by atoms with Gasteiger partial charge in [0.2, 0.25) is 0 Å². The molecule has 1 aromatic rings. The van der Waals surface area contributed by atoms with Crippen molar-refractivity contribution in [1.29, 1.82) is 0 Å². The maximum absolute atomic E-state index is 12.8. The molecule has 0 amide bonds. The molecule has 78 valence electrons. The fraction of sp³-hybridized carbons (Fsp3) is 0.400. The smallest absolute Gasteiger partial charge is 0.189 e. The highest BCUT2D eigenvalue weighted by Crippen LogP contribution is 2.23. The van der Waals surface area contributed by atoms with Gasteiger partial charge in [-0.2, -0.15) is 8.42 Å². The highest BCUT2D eigenvalue weighted by atomic mass is 32.3. The van der Waals surface area contributed by atoms with E-state index in [0.717, 1.165) is 5.56 Å². The minimum Gasteiger partial charge on any atom is -0.189 e. The van der Waals surface area contributed by atoms with Gasteiger partial charge in [0.15, 0.2) is 0 Å². The Hall–Kier alpha value is -0.900. The second-order valence-corrected chi connectivity index (χ2v) is 4.93. The SMILES string of the molecule is Cc1ccc(C(C)C)cc1S(=O)(=O)F. The van der Waals surface area contributed by atoms with E-state index in [1.807, 2.05) is 19.9 Å². The van der Waals surface area contributed by atoms with E-state index < -0.39 is 10.2 Å². The van der Waals surface area contributed by atoms with Gasteiger partial charge in [0, 0.05) is 0 Å². The molecule has 2 nitrogen and oxygen atoms in total. The van der Waals surface area contributed by atoms with Crippen molar-refractivity contribution >= 4 is 10.2 Å². The number of benzene rings is 1. The Labute approximate surface area is 84.0 Å². The summed E-state index contributed by atoms with van der Waals surface area (Å²) in [5.74, 6) is 0.191. The number of hydrogen-bond donors (Lipinski definition) is 0. The normalized spacial score (nSPS) is 12.1. The summed E-state index contributed by atoms with van der Waals surface area (Å²) < 4.78 is 34.3. The van der Waals surface area contributed by atoms with Gasteiger partial charge in [-0.05, 0) is 30.0 Å². The first-order valence-electron chi connectivity index (χ1n) is 4.37. The van der Waals surface area contributed by atoms with Crippen molar-refractivity contribution in [2.75, 3.05) is 0 Å². The molecule has 1 rings (SSSR count). The summed E-state index contributed by atoms with van der Waals surface area (Å²) in [7, 11) is -4.59. The van der Waals surface area contributed by atoms with Crippen molar-refractivity contribution in [3.8, 4) is 0 Å². The molecule has 0 saturated carbocycles. The van der Waals surface area contributed by atoms with E-state index in [1.165, 1.54) is 6.07 Å². The Morgan fingerprint density at radius 2 is 1.86 bits per heavy atom. The highest BCUT2D eigenvalue weighted by molar-refractivity contribution is 7.86. The van der Waals surface area contributed by atoms with Gasteiger partial charge >= 0.3 is 10.2 Å². The number of aryl methyl sites for hydroxylation is 1. The average molecular weight is 216 g/mol. The van der Waals surface area contributed by atoms with Crippen LogP contribution in [0.5, 0.6) is 0 Å². The molecule has 0 atom stereocenters. The number of halogens is 1. The third kappa shape index (κ3) is 2.32. The second-order valence-electron chi connectivity index (χ2n) is 3.62. The second kappa shape index (κ2) is 3.69. The van der Waals surface area contributed by atoms with Crippen molar-refractivity contribution in [3.05, 3.63) is 29.3 Å². The molecule has 1 aromatic carbocycles. The zero-order valence-electron chi connectivity index (χ0n) is 8.41. The van der Waals surface area contributed by atoms with Crippen molar-refractivity contribution in [3.63, 3.8) is 0 Å². The summed E-state index contributed by atoms with van der Waals surface area (Å²) >= 11 is 0. The van der Waals surface area contributed by atoms with E-state index >= 15 is 0 Å². The monoisotopic (exact) mass is 216 g/mol. The van der Waals surface area contributed by atoms with Gasteiger partial charge in [0.1, 0.15) is 4.90 Å². The van der Waals surface area contributed by atoms with Gasteiger partial charge in [-0.1, -0.05) is 26.0 Å². The van der Waals surface area contributed by atoms with Crippen LogP contribution in [0.3, 0.4) is 0 Å². The molecule has 0 spiro atoms. The molecule has 0 aliphatic rings. The minimum atomic E-state index is -4.59. The molecular formula is C10H13FO2S. The van der Waals surface area contributed by atoms with Crippen LogP contribution in [0, 0.1) is 6.92 Å². The van der Waals surface area contributed by atoms with Crippen molar-refractivity contribution in [2.45, 2.75) is 31.6 Å². The lowest BCUT2D eigenvalue weighted by Crippen LogP contribution is -1.98. The van der Waals surface area contributed by atoms with Gasteiger partial charge < -0.3 is 0 Å². The Balaban J connectivity index is 3.37.